The first kappa shape index (κ1) is 18.9. The summed E-state index contributed by atoms with van der Waals surface area (Å²) in [5.41, 5.74) is 8.39. The number of carbonyl (C=O) groups is 1. The Labute approximate surface area is 177 Å². The number of aryl methyl sites for hydroxylation is 1. The largest absolute Gasteiger partial charge is 0.380 e. The predicted octanol–water partition coefficient (Wildman–Crippen LogP) is 5.05. The average molecular weight is 401 g/mol. The molecule has 2 aliphatic heterocycles. The Morgan fingerprint density at radius 3 is 2.77 bits per heavy atom. The Kier molecular flexibility index (Phi) is 4.61. The highest BCUT2D eigenvalue weighted by molar-refractivity contribution is 5.90. The molecule has 0 amide bonds. The van der Waals surface area contributed by atoms with Crippen molar-refractivity contribution in [2.75, 3.05) is 16.8 Å². The lowest BCUT2D eigenvalue weighted by Crippen LogP contribution is -2.27. The van der Waals surface area contributed by atoms with Gasteiger partial charge in [-0.15, -0.1) is 0 Å². The summed E-state index contributed by atoms with van der Waals surface area (Å²) in [6.45, 7) is 5.38. The molecule has 2 aromatic carbocycles. The van der Waals surface area contributed by atoms with Crippen molar-refractivity contribution in [3.63, 3.8) is 0 Å². The van der Waals surface area contributed by atoms with Gasteiger partial charge in [0.1, 0.15) is 5.78 Å². The number of hydrogen-bond acceptors (Lipinski definition) is 4. The van der Waals surface area contributed by atoms with E-state index in [2.05, 4.69) is 71.8 Å². The van der Waals surface area contributed by atoms with Gasteiger partial charge in [-0.3, -0.25) is 9.48 Å². The van der Waals surface area contributed by atoms with Crippen molar-refractivity contribution in [3.05, 3.63) is 59.9 Å². The van der Waals surface area contributed by atoms with Gasteiger partial charge in [0, 0.05) is 49.9 Å². The van der Waals surface area contributed by atoms with Crippen LogP contribution in [0.1, 0.15) is 43.7 Å². The van der Waals surface area contributed by atoms with Gasteiger partial charge in [-0.2, -0.15) is 5.10 Å². The van der Waals surface area contributed by atoms with E-state index in [4.69, 9.17) is 0 Å². The van der Waals surface area contributed by atoms with E-state index in [-0.39, 0.29) is 6.04 Å². The Morgan fingerprint density at radius 2 is 1.97 bits per heavy atom. The number of rotatable bonds is 2. The molecule has 30 heavy (non-hydrogen) atoms. The molecule has 2 aliphatic rings. The van der Waals surface area contributed by atoms with Gasteiger partial charge in [0.25, 0.3) is 0 Å². The Balaban J connectivity index is 1.59. The highest BCUT2D eigenvalue weighted by Gasteiger charge is 2.28. The average Bonchev–Trinajstić information content (AvgIpc) is 3.09. The molecule has 5 heteroatoms. The summed E-state index contributed by atoms with van der Waals surface area (Å²) in [7, 11) is 1.95. The topological polar surface area (TPSA) is 50.2 Å². The molecule has 0 aliphatic carbocycles. The molecule has 5 nitrogen and oxygen atoms in total. The lowest BCUT2D eigenvalue weighted by atomic mass is 9.88. The fraction of sp³-hybridized carbons (Fsp3) is 0.360. The number of anilines is 3. The number of carbonyl (C=O) groups excluding carboxylic acids is 1. The van der Waals surface area contributed by atoms with Crippen LogP contribution in [0.4, 0.5) is 17.1 Å². The van der Waals surface area contributed by atoms with Crippen LogP contribution < -0.4 is 10.2 Å². The van der Waals surface area contributed by atoms with E-state index in [1.54, 1.807) is 0 Å². The zero-order chi connectivity index (χ0) is 20.8. The van der Waals surface area contributed by atoms with Crippen LogP contribution in [0.5, 0.6) is 0 Å². The maximum atomic E-state index is 12.3. The number of para-hydroxylation sites is 1. The van der Waals surface area contributed by atoms with Crippen LogP contribution in [0.2, 0.25) is 0 Å². The van der Waals surface area contributed by atoms with Crippen LogP contribution >= 0.6 is 0 Å². The van der Waals surface area contributed by atoms with Gasteiger partial charge in [0.2, 0.25) is 0 Å². The second-order valence-corrected chi connectivity index (χ2v) is 8.79. The van der Waals surface area contributed by atoms with E-state index in [1.807, 2.05) is 17.9 Å². The summed E-state index contributed by atoms with van der Waals surface area (Å²) in [6, 6.07) is 13.3. The summed E-state index contributed by atoms with van der Waals surface area (Å²) in [5.74, 6) is 0.809. The quantitative estimate of drug-likeness (QED) is 0.654. The molecule has 0 saturated heterocycles. The third kappa shape index (κ3) is 3.28. The third-order valence-electron chi connectivity index (χ3n) is 6.40. The molecule has 3 heterocycles. The maximum Gasteiger partial charge on any atom is 0.139 e. The van der Waals surface area contributed by atoms with E-state index in [1.165, 1.54) is 22.5 Å². The molecule has 0 saturated carbocycles. The maximum absolute atomic E-state index is 12.3. The van der Waals surface area contributed by atoms with E-state index >= 15 is 0 Å². The zero-order valence-corrected chi connectivity index (χ0v) is 17.9. The minimum absolute atomic E-state index is 0.149. The lowest BCUT2D eigenvalue weighted by molar-refractivity contribution is -0.118. The normalized spacial score (nSPS) is 20.9. The Bertz CT molecular complexity index is 1120. The van der Waals surface area contributed by atoms with E-state index in [0.29, 0.717) is 24.5 Å². The van der Waals surface area contributed by atoms with E-state index < -0.39 is 0 Å². The van der Waals surface area contributed by atoms with Crippen molar-refractivity contribution >= 4 is 22.8 Å². The second-order valence-electron chi connectivity index (χ2n) is 8.79. The second kappa shape index (κ2) is 7.31. The molecule has 0 fully saturated rings. The van der Waals surface area contributed by atoms with Crippen molar-refractivity contribution in [2.24, 2.45) is 7.05 Å². The molecule has 1 aromatic heterocycles. The highest BCUT2D eigenvalue weighted by atomic mass is 16.1. The SMILES string of the molecule is C[C@@H]1CC(=O)Cc2cccc(N3CC[C@@H](C)c4cc(-c5cnn(C)c5)ccc43)c2N1. The lowest BCUT2D eigenvalue weighted by Gasteiger charge is -2.36. The molecule has 3 aromatic rings. The summed E-state index contributed by atoms with van der Waals surface area (Å²) in [6.07, 6.45) is 6.17. The number of Topliss-reactive ketones (excluding diaryl/α,β-unsaturated/α-hetero) is 1. The van der Waals surface area contributed by atoms with Crippen LogP contribution in [-0.4, -0.2) is 28.2 Å². The number of benzene rings is 2. The van der Waals surface area contributed by atoms with Gasteiger partial charge in [-0.25, -0.2) is 0 Å². The summed E-state index contributed by atoms with van der Waals surface area (Å²) in [4.78, 5) is 14.7. The zero-order valence-electron chi connectivity index (χ0n) is 17.9. The monoisotopic (exact) mass is 400 g/mol. The molecular formula is C25H28N4O. The molecule has 2 atom stereocenters. The van der Waals surface area contributed by atoms with Gasteiger partial charge in [-0.05, 0) is 54.2 Å². The van der Waals surface area contributed by atoms with E-state index in [0.717, 1.165) is 29.8 Å². The standard InChI is InChI=1S/C25H28N4O/c1-16-9-10-29(23-8-7-18(13-22(16)23)20-14-26-28(3)15-20)24-6-4-5-19-12-21(30)11-17(2)27-25(19)24/h4-8,13-17,27H,9-12H2,1-3H3/t16-,17-/m1/s1. The van der Waals surface area contributed by atoms with Crippen LogP contribution in [-0.2, 0) is 18.3 Å². The Morgan fingerprint density at radius 1 is 1.10 bits per heavy atom. The van der Waals surface area contributed by atoms with Crippen LogP contribution in [0, 0.1) is 0 Å². The van der Waals surface area contributed by atoms with Gasteiger partial charge >= 0.3 is 0 Å². The van der Waals surface area contributed by atoms with Crippen molar-refractivity contribution in [1.82, 2.24) is 9.78 Å². The summed E-state index contributed by atoms with van der Waals surface area (Å²) < 4.78 is 1.85. The minimum atomic E-state index is 0.149. The molecule has 0 spiro atoms. The molecule has 5 rings (SSSR count). The van der Waals surface area contributed by atoms with Crippen molar-refractivity contribution in [2.45, 2.75) is 45.1 Å². The highest BCUT2D eigenvalue weighted by Crippen LogP contribution is 2.44. The molecule has 0 bridgehead atoms. The predicted molar refractivity (Wildman–Crippen MR) is 122 cm³/mol. The fourth-order valence-electron chi connectivity index (χ4n) is 4.84. The van der Waals surface area contributed by atoms with Crippen molar-refractivity contribution in [1.29, 1.82) is 0 Å². The van der Waals surface area contributed by atoms with Gasteiger partial charge in [0.05, 0.1) is 17.6 Å². The van der Waals surface area contributed by atoms with Crippen molar-refractivity contribution < 1.29 is 4.79 Å². The summed E-state index contributed by atoms with van der Waals surface area (Å²) >= 11 is 0. The number of nitrogens with zero attached hydrogens (tertiary/aromatic N) is 3. The number of ketones is 1. The first-order chi connectivity index (χ1) is 14.5. The smallest absolute Gasteiger partial charge is 0.139 e. The third-order valence-corrected chi connectivity index (χ3v) is 6.40. The number of hydrogen-bond donors (Lipinski definition) is 1. The van der Waals surface area contributed by atoms with Gasteiger partial charge in [0.15, 0.2) is 0 Å². The number of fused-ring (bicyclic) bond motifs is 2. The summed E-state index contributed by atoms with van der Waals surface area (Å²) in [5, 5.41) is 7.95. The molecule has 154 valence electrons. The number of aromatic nitrogens is 2. The first-order valence-electron chi connectivity index (χ1n) is 10.8. The van der Waals surface area contributed by atoms with Crippen LogP contribution in [0.3, 0.4) is 0 Å². The molecule has 0 radical (unpaired) electrons. The Hall–Kier alpha value is -3.08. The minimum Gasteiger partial charge on any atom is -0.380 e. The first-order valence-corrected chi connectivity index (χ1v) is 10.8. The fourth-order valence-corrected chi connectivity index (χ4v) is 4.84. The van der Waals surface area contributed by atoms with Crippen LogP contribution in [0.15, 0.2) is 48.8 Å². The van der Waals surface area contributed by atoms with Crippen LogP contribution in [0.25, 0.3) is 11.1 Å². The molecule has 1 N–H and O–H groups in total. The van der Waals surface area contributed by atoms with E-state index in [9.17, 15) is 4.79 Å². The molecule has 0 unspecified atom stereocenters. The molecular weight excluding hydrogens is 372 g/mol. The van der Waals surface area contributed by atoms with Gasteiger partial charge < -0.3 is 10.2 Å². The van der Waals surface area contributed by atoms with Crippen molar-refractivity contribution in [3.8, 4) is 11.1 Å². The number of nitrogens with one attached hydrogen (secondary N) is 1. The van der Waals surface area contributed by atoms with Gasteiger partial charge in [-0.1, -0.05) is 25.1 Å².